The van der Waals surface area contributed by atoms with Crippen molar-refractivity contribution in [1.29, 1.82) is 0 Å². The summed E-state index contributed by atoms with van der Waals surface area (Å²) in [6, 6.07) is 12.0. The molecular weight excluding hydrogens is 298 g/mol. The van der Waals surface area contributed by atoms with E-state index in [0.717, 1.165) is 32.7 Å². The highest BCUT2D eigenvalue weighted by atomic mass is 32.2. The van der Waals surface area contributed by atoms with E-state index in [0.29, 0.717) is 0 Å². The largest absolute Gasteiger partial charge is 0.398 e. The van der Waals surface area contributed by atoms with Gasteiger partial charge in [-0.15, -0.1) is 23.1 Å². The van der Waals surface area contributed by atoms with Crippen LogP contribution in [-0.4, -0.2) is 9.97 Å². The van der Waals surface area contributed by atoms with E-state index in [-0.39, 0.29) is 0 Å². The van der Waals surface area contributed by atoms with Crippen molar-refractivity contribution in [3.05, 3.63) is 59.2 Å². The summed E-state index contributed by atoms with van der Waals surface area (Å²) in [6.45, 7) is 2.07. The molecule has 0 amide bonds. The van der Waals surface area contributed by atoms with Crippen LogP contribution in [0, 0.1) is 6.92 Å². The first-order valence-corrected chi connectivity index (χ1v) is 8.43. The molecule has 0 atom stereocenters. The fourth-order valence-electron chi connectivity index (χ4n) is 1.90. The molecule has 0 aliphatic heterocycles. The smallest absolute Gasteiger partial charge is 0.142 e. The molecule has 3 rings (SSSR count). The number of hydrogen-bond donors (Lipinski definition) is 1. The van der Waals surface area contributed by atoms with Crippen LogP contribution in [0.3, 0.4) is 0 Å². The minimum Gasteiger partial charge on any atom is -0.398 e. The van der Waals surface area contributed by atoms with Crippen LogP contribution in [0.25, 0.3) is 10.7 Å². The first kappa shape index (κ1) is 14.1. The third-order valence-corrected chi connectivity index (χ3v) is 5.00. The van der Waals surface area contributed by atoms with E-state index < -0.39 is 0 Å². The Labute approximate surface area is 132 Å². The number of rotatable bonds is 4. The Balaban J connectivity index is 1.72. The fourth-order valence-corrected chi connectivity index (χ4v) is 3.75. The van der Waals surface area contributed by atoms with Gasteiger partial charge in [-0.1, -0.05) is 12.1 Å². The van der Waals surface area contributed by atoms with Gasteiger partial charge in [-0.25, -0.2) is 4.98 Å². The Kier molecular flexibility index (Phi) is 4.22. The number of benzene rings is 1. The molecule has 0 spiro atoms. The van der Waals surface area contributed by atoms with Gasteiger partial charge in [0.15, 0.2) is 0 Å². The monoisotopic (exact) mass is 313 g/mol. The molecule has 21 heavy (non-hydrogen) atoms. The number of aromatic nitrogens is 2. The Bertz CT molecular complexity index is 738. The van der Waals surface area contributed by atoms with Crippen molar-refractivity contribution in [2.75, 3.05) is 5.73 Å². The molecule has 2 heterocycles. The number of aryl methyl sites for hydroxylation is 1. The number of thiazole rings is 1. The molecule has 3 nitrogen and oxygen atoms in total. The van der Waals surface area contributed by atoms with E-state index in [1.807, 2.05) is 30.3 Å². The van der Waals surface area contributed by atoms with Gasteiger partial charge >= 0.3 is 0 Å². The van der Waals surface area contributed by atoms with Crippen molar-refractivity contribution in [3.8, 4) is 10.7 Å². The zero-order valence-corrected chi connectivity index (χ0v) is 13.2. The topological polar surface area (TPSA) is 51.8 Å². The highest BCUT2D eigenvalue weighted by Crippen LogP contribution is 2.30. The van der Waals surface area contributed by atoms with Crippen LogP contribution in [0.15, 0.2) is 52.9 Å². The molecule has 2 N–H and O–H groups in total. The summed E-state index contributed by atoms with van der Waals surface area (Å²) >= 11 is 3.35. The summed E-state index contributed by atoms with van der Waals surface area (Å²) in [5.74, 6) is 0.816. The minimum absolute atomic E-state index is 0.816. The second kappa shape index (κ2) is 6.28. The van der Waals surface area contributed by atoms with E-state index in [1.165, 1.54) is 5.56 Å². The zero-order chi connectivity index (χ0) is 14.7. The number of anilines is 1. The lowest BCUT2D eigenvalue weighted by Crippen LogP contribution is -1.90. The molecule has 3 aromatic rings. The Morgan fingerprint density at radius 2 is 2.14 bits per heavy atom. The van der Waals surface area contributed by atoms with Crippen LogP contribution in [0.5, 0.6) is 0 Å². The summed E-state index contributed by atoms with van der Waals surface area (Å²) in [6.07, 6.45) is 1.79. The molecule has 0 saturated heterocycles. The van der Waals surface area contributed by atoms with Gasteiger partial charge in [0.1, 0.15) is 5.01 Å². The molecule has 0 aliphatic rings. The number of thioether (sulfide) groups is 1. The number of nitrogen functional groups attached to an aromatic ring is 1. The molecule has 106 valence electrons. The second-order valence-corrected chi connectivity index (χ2v) is 6.56. The predicted molar refractivity (Wildman–Crippen MR) is 90.5 cm³/mol. The van der Waals surface area contributed by atoms with Crippen molar-refractivity contribution >= 4 is 28.8 Å². The minimum atomic E-state index is 0.816. The van der Waals surface area contributed by atoms with Gasteiger partial charge in [-0.05, 0) is 36.8 Å². The normalized spacial score (nSPS) is 10.7. The lowest BCUT2D eigenvalue weighted by atomic mass is 10.2. The number of nitrogens with two attached hydrogens (primary N) is 1. The predicted octanol–water partition coefficient (Wildman–Crippen LogP) is 4.39. The molecule has 0 aliphatic carbocycles. The molecule has 0 radical (unpaired) electrons. The average Bonchev–Trinajstić information content (AvgIpc) is 2.98. The molecular formula is C16H15N3S2. The maximum atomic E-state index is 6.00. The lowest BCUT2D eigenvalue weighted by Gasteiger charge is -2.05. The standard InChI is InChI=1S/C16H15N3S2/c1-11-5-6-13(17)15(8-11)20-9-12-10-21-16(19-12)14-4-2-3-7-18-14/h2-8,10H,9,17H2,1H3. The van der Waals surface area contributed by atoms with Gasteiger partial charge in [-0.3, -0.25) is 4.98 Å². The first-order valence-electron chi connectivity index (χ1n) is 6.57. The van der Waals surface area contributed by atoms with Crippen molar-refractivity contribution < 1.29 is 0 Å². The quantitative estimate of drug-likeness (QED) is 0.573. The molecule has 0 bridgehead atoms. The second-order valence-electron chi connectivity index (χ2n) is 4.69. The Morgan fingerprint density at radius 1 is 1.24 bits per heavy atom. The van der Waals surface area contributed by atoms with Crippen LogP contribution in [-0.2, 0) is 5.75 Å². The van der Waals surface area contributed by atoms with Crippen molar-refractivity contribution in [1.82, 2.24) is 9.97 Å². The third kappa shape index (κ3) is 3.43. The first-order chi connectivity index (χ1) is 10.2. The molecule has 5 heteroatoms. The summed E-state index contributed by atoms with van der Waals surface area (Å²) in [5, 5.41) is 3.05. The number of pyridine rings is 1. The van der Waals surface area contributed by atoms with Crippen LogP contribution >= 0.6 is 23.1 Å². The zero-order valence-electron chi connectivity index (χ0n) is 11.6. The van der Waals surface area contributed by atoms with Crippen molar-refractivity contribution in [2.24, 2.45) is 0 Å². The highest BCUT2D eigenvalue weighted by molar-refractivity contribution is 7.98. The van der Waals surface area contributed by atoms with E-state index in [1.54, 1.807) is 29.3 Å². The fraction of sp³-hybridized carbons (Fsp3) is 0.125. The number of nitrogens with zero attached hydrogens (tertiary/aromatic N) is 2. The summed E-state index contributed by atoms with van der Waals surface area (Å²) in [7, 11) is 0. The van der Waals surface area contributed by atoms with E-state index in [4.69, 9.17) is 5.73 Å². The van der Waals surface area contributed by atoms with E-state index in [2.05, 4.69) is 28.3 Å². The highest BCUT2D eigenvalue weighted by Gasteiger charge is 2.07. The number of hydrogen-bond acceptors (Lipinski definition) is 5. The Hall–Kier alpha value is -1.85. The van der Waals surface area contributed by atoms with Gasteiger partial charge in [-0.2, -0.15) is 0 Å². The van der Waals surface area contributed by atoms with Crippen LogP contribution in [0.2, 0.25) is 0 Å². The van der Waals surface area contributed by atoms with Crippen LogP contribution in [0.1, 0.15) is 11.3 Å². The lowest BCUT2D eigenvalue weighted by molar-refractivity contribution is 1.21. The van der Waals surface area contributed by atoms with E-state index >= 15 is 0 Å². The van der Waals surface area contributed by atoms with Gasteiger partial charge in [0.05, 0.1) is 11.4 Å². The van der Waals surface area contributed by atoms with Gasteiger partial charge in [0.25, 0.3) is 0 Å². The summed E-state index contributed by atoms with van der Waals surface area (Å²) in [4.78, 5) is 10.1. The van der Waals surface area contributed by atoms with Gasteiger partial charge in [0.2, 0.25) is 0 Å². The summed E-state index contributed by atoms with van der Waals surface area (Å²) < 4.78 is 0. The van der Waals surface area contributed by atoms with Gasteiger partial charge < -0.3 is 5.73 Å². The van der Waals surface area contributed by atoms with Gasteiger partial charge in [0, 0.05) is 27.9 Å². The molecule has 1 aromatic carbocycles. The summed E-state index contributed by atoms with van der Waals surface area (Å²) in [5.41, 5.74) is 10.0. The van der Waals surface area contributed by atoms with Crippen molar-refractivity contribution in [2.45, 2.75) is 17.6 Å². The van der Waals surface area contributed by atoms with Crippen LogP contribution < -0.4 is 5.73 Å². The van der Waals surface area contributed by atoms with Crippen LogP contribution in [0.4, 0.5) is 5.69 Å². The average molecular weight is 313 g/mol. The molecule has 2 aromatic heterocycles. The maximum Gasteiger partial charge on any atom is 0.142 e. The maximum absolute atomic E-state index is 6.00. The van der Waals surface area contributed by atoms with E-state index in [9.17, 15) is 0 Å². The van der Waals surface area contributed by atoms with Crippen molar-refractivity contribution in [3.63, 3.8) is 0 Å². The third-order valence-electron chi connectivity index (χ3n) is 2.98. The molecule has 0 unspecified atom stereocenters. The Morgan fingerprint density at radius 3 is 2.95 bits per heavy atom. The molecule has 0 saturated carbocycles. The SMILES string of the molecule is Cc1ccc(N)c(SCc2csc(-c3ccccn3)n2)c1. The molecule has 0 fully saturated rings.